The summed E-state index contributed by atoms with van der Waals surface area (Å²) in [6.45, 7) is 2.91. The van der Waals surface area contributed by atoms with Gasteiger partial charge in [0, 0.05) is 32.2 Å². The molecule has 5 heteroatoms. The first kappa shape index (κ1) is 16.5. The molecule has 0 saturated heterocycles. The van der Waals surface area contributed by atoms with E-state index in [1.165, 1.54) is 0 Å². The van der Waals surface area contributed by atoms with Gasteiger partial charge in [-0.05, 0) is 49.9 Å². The van der Waals surface area contributed by atoms with Crippen LogP contribution in [0.3, 0.4) is 0 Å². The van der Waals surface area contributed by atoms with E-state index in [1.807, 2.05) is 6.07 Å². The van der Waals surface area contributed by atoms with Crippen LogP contribution in [0.4, 0.5) is 0 Å². The average molecular weight is 305 g/mol. The minimum absolute atomic E-state index is 0.148. The number of carbonyl (C=O) groups excluding carboxylic acids is 2. The van der Waals surface area contributed by atoms with Crippen molar-refractivity contribution in [2.24, 2.45) is 0 Å². The molecule has 0 radical (unpaired) electrons. The van der Waals surface area contributed by atoms with Crippen molar-refractivity contribution in [1.29, 1.82) is 0 Å². The fraction of sp³-hybridized carbons (Fsp3) is 0.529. The van der Waals surface area contributed by atoms with Crippen molar-refractivity contribution < 1.29 is 19.1 Å². The van der Waals surface area contributed by atoms with Gasteiger partial charge < -0.3 is 14.8 Å². The lowest BCUT2D eigenvalue weighted by Crippen LogP contribution is -2.37. The number of Topliss-reactive ketones (excluding diaryl/α,β-unsaturated/α-hetero) is 1. The SMILES string of the molecule is COCCCNC(=O)C(C)Oc1ccc2c(c1)CCCC2=O. The van der Waals surface area contributed by atoms with E-state index in [-0.39, 0.29) is 11.7 Å². The molecule has 22 heavy (non-hydrogen) atoms. The van der Waals surface area contributed by atoms with Crippen LogP contribution in [-0.4, -0.2) is 38.1 Å². The Kier molecular flexibility index (Phi) is 5.95. The molecule has 0 spiro atoms. The Labute approximate surface area is 131 Å². The molecule has 1 atom stereocenters. The van der Waals surface area contributed by atoms with Gasteiger partial charge in [-0.3, -0.25) is 9.59 Å². The van der Waals surface area contributed by atoms with E-state index in [4.69, 9.17) is 9.47 Å². The standard InChI is InChI=1S/C17H23NO4/c1-12(17(20)18-9-4-10-21-2)22-14-7-8-15-13(11-14)5-3-6-16(15)19/h7-8,11-12H,3-6,9-10H2,1-2H3,(H,18,20). The Balaban J connectivity index is 1.90. The summed E-state index contributed by atoms with van der Waals surface area (Å²) in [7, 11) is 1.63. The van der Waals surface area contributed by atoms with Crippen LogP contribution >= 0.6 is 0 Å². The summed E-state index contributed by atoms with van der Waals surface area (Å²) in [4.78, 5) is 23.7. The van der Waals surface area contributed by atoms with Gasteiger partial charge >= 0.3 is 0 Å². The second-order valence-corrected chi connectivity index (χ2v) is 5.49. The van der Waals surface area contributed by atoms with Crippen LogP contribution in [-0.2, 0) is 16.0 Å². The van der Waals surface area contributed by atoms with Gasteiger partial charge in [0.2, 0.25) is 0 Å². The zero-order chi connectivity index (χ0) is 15.9. The summed E-state index contributed by atoms with van der Waals surface area (Å²) < 4.78 is 10.6. The van der Waals surface area contributed by atoms with E-state index in [0.717, 1.165) is 30.4 Å². The number of amides is 1. The van der Waals surface area contributed by atoms with Gasteiger partial charge in [0.05, 0.1) is 0 Å². The molecule has 1 unspecified atom stereocenters. The van der Waals surface area contributed by atoms with Gasteiger partial charge in [-0.25, -0.2) is 0 Å². The van der Waals surface area contributed by atoms with E-state index in [0.29, 0.717) is 25.3 Å². The van der Waals surface area contributed by atoms with Gasteiger partial charge in [-0.1, -0.05) is 0 Å². The lowest BCUT2D eigenvalue weighted by Gasteiger charge is -2.18. The van der Waals surface area contributed by atoms with Crippen LogP contribution in [0.15, 0.2) is 18.2 Å². The van der Waals surface area contributed by atoms with Gasteiger partial charge in [0.25, 0.3) is 5.91 Å². The lowest BCUT2D eigenvalue weighted by atomic mass is 9.90. The number of benzene rings is 1. The summed E-state index contributed by atoms with van der Waals surface area (Å²) in [5.74, 6) is 0.676. The van der Waals surface area contributed by atoms with Crippen LogP contribution in [0.1, 0.15) is 42.1 Å². The molecule has 2 rings (SSSR count). The number of rotatable bonds is 7. The summed E-state index contributed by atoms with van der Waals surface area (Å²) in [6, 6.07) is 5.44. The first-order chi connectivity index (χ1) is 10.6. The van der Waals surface area contributed by atoms with Gasteiger partial charge in [0.15, 0.2) is 11.9 Å². The molecule has 1 aliphatic rings. The van der Waals surface area contributed by atoms with Crippen molar-refractivity contribution in [3.63, 3.8) is 0 Å². The Morgan fingerprint density at radius 3 is 2.95 bits per heavy atom. The second kappa shape index (κ2) is 7.94. The van der Waals surface area contributed by atoms with Crippen LogP contribution in [0.25, 0.3) is 0 Å². The van der Waals surface area contributed by atoms with E-state index in [1.54, 1.807) is 26.2 Å². The number of hydrogen-bond acceptors (Lipinski definition) is 4. The third kappa shape index (κ3) is 4.31. The summed E-state index contributed by atoms with van der Waals surface area (Å²) in [5, 5.41) is 2.81. The Morgan fingerprint density at radius 2 is 2.18 bits per heavy atom. The monoisotopic (exact) mass is 305 g/mol. The average Bonchev–Trinajstić information content (AvgIpc) is 2.51. The highest BCUT2D eigenvalue weighted by Gasteiger charge is 2.19. The number of ether oxygens (including phenoxy) is 2. The highest BCUT2D eigenvalue weighted by molar-refractivity contribution is 5.98. The van der Waals surface area contributed by atoms with Crippen molar-refractivity contribution in [1.82, 2.24) is 5.32 Å². The Hall–Kier alpha value is -1.88. The van der Waals surface area contributed by atoms with Gasteiger partial charge in [-0.2, -0.15) is 0 Å². The van der Waals surface area contributed by atoms with Crippen molar-refractivity contribution in [3.8, 4) is 5.75 Å². The highest BCUT2D eigenvalue weighted by Crippen LogP contribution is 2.25. The van der Waals surface area contributed by atoms with Crippen LogP contribution < -0.4 is 10.1 Å². The molecule has 0 aromatic heterocycles. The number of carbonyl (C=O) groups is 2. The molecule has 0 fully saturated rings. The molecule has 1 aliphatic carbocycles. The first-order valence-electron chi connectivity index (χ1n) is 7.71. The maximum atomic E-state index is 11.9. The largest absolute Gasteiger partial charge is 0.481 e. The number of nitrogens with one attached hydrogen (secondary N) is 1. The molecule has 0 bridgehead atoms. The van der Waals surface area contributed by atoms with Crippen molar-refractivity contribution in [2.75, 3.05) is 20.3 Å². The van der Waals surface area contributed by atoms with E-state index in [9.17, 15) is 9.59 Å². The number of methoxy groups -OCH3 is 1. The molecule has 1 aromatic carbocycles. The molecule has 1 amide bonds. The molecular formula is C17H23NO4. The van der Waals surface area contributed by atoms with E-state index in [2.05, 4.69) is 5.32 Å². The third-order valence-electron chi connectivity index (χ3n) is 3.73. The van der Waals surface area contributed by atoms with Crippen LogP contribution in [0, 0.1) is 0 Å². The Morgan fingerprint density at radius 1 is 1.36 bits per heavy atom. The summed E-state index contributed by atoms with van der Waals surface area (Å²) in [6.07, 6.45) is 2.59. The van der Waals surface area contributed by atoms with Crippen LogP contribution in [0.5, 0.6) is 5.75 Å². The first-order valence-corrected chi connectivity index (χ1v) is 7.71. The molecule has 120 valence electrons. The molecule has 0 saturated carbocycles. The second-order valence-electron chi connectivity index (χ2n) is 5.49. The Bertz CT molecular complexity index is 541. The number of aryl methyl sites for hydroxylation is 1. The minimum Gasteiger partial charge on any atom is -0.481 e. The number of fused-ring (bicyclic) bond motifs is 1. The van der Waals surface area contributed by atoms with E-state index >= 15 is 0 Å². The topological polar surface area (TPSA) is 64.6 Å². The molecule has 1 N–H and O–H groups in total. The zero-order valence-electron chi connectivity index (χ0n) is 13.2. The lowest BCUT2D eigenvalue weighted by molar-refractivity contribution is -0.127. The predicted molar refractivity (Wildman–Crippen MR) is 83.3 cm³/mol. The summed E-state index contributed by atoms with van der Waals surface area (Å²) >= 11 is 0. The zero-order valence-corrected chi connectivity index (χ0v) is 13.2. The number of hydrogen-bond donors (Lipinski definition) is 1. The minimum atomic E-state index is -0.570. The smallest absolute Gasteiger partial charge is 0.260 e. The van der Waals surface area contributed by atoms with Crippen LogP contribution in [0.2, 0.25) is 0 Å². The molecule has 0 heterocycles. The molecule has 0 aliphatic heterocycles. The molecule has 5 nitrogen and oxygen atoms in total. The van der Waals surface area contributed by atoms with Crippen molar-refractivity contribution >= 4 is 11.7 Å². The summed E-state index contributed by atoms with van der Waals surface area (Å²) in [5.41, 5.74) is 1.80. The quantitative estimate of drug-likeness (QED) is 0.784. The normalized spacial score (nSPS) is 15.1. The molecule has 1 aromatic rings. The van der Waals surface area contributed by atoms with Gasteiger partial charge in [-0.15, -0.1) is 0 Å². The van der Waals surface area contributed by atoms with Crippen molar-refractivity contribution in [2.45, 2.75) is 38.7 Å². The number of ketones is 1. The third-order valence-corrected chi connectivity index (χ3v) is 3.73. The predicted octanol–water partition coefficient (Wildman–Crippen LogP) is 2.13. The fourth-order valence-electron chi connectivity index (χ4n) is 2.53. The van der Waals surface area contributed by atoms with Gasteiger partial charge in [0.1, 0.15) is 5.75 Å². The maximum Gasteiger partial charge on any atom is 0.260 e. The highest BCUT2D eigenvalue weighted by atomic mass is 16.5. The fourth-order valence-corrected chi connectivity index (χ4v) is 2.53. The molecular weight excluding hydrogens is 282 g/mol. The van der Waals surface area contributed by atoms with Crippen molar-refractivity contribution in [3.05, 3.63) is 29.3 Å². The van der Waals surface area contributed by atoms with E-state index < -0.39 is 6.10 Å². The maximum absolute atomic E-state index is 11.9.